The van der Waals surface area contributed by atoms with Crippen LogP contribution < -0.4 is 0 Å². The zero-order valence-corrected chi connectivity index (χ0v) is 15.2. The summed E-state index contributed by atoms with van der Waals surface area (Å²) in [5, 5.41) is 11.3. The summed E-state index contributed by atoms with van der Waals surface area (Å²) in [6, 6.07) is 7.21. The Kier molecular flexibility index (Phi) is 5.08. The molecule has 2 heterocycles. The van der Waals surface area contributed by atoms with Gasteiger partial charge in [-0.05, 0) is 32.0 Å². The van der Waals surface area contributed by atoms with Crippen LogP contribution in [0.3, 0.4) is 0 Å². The Morgan fingerprint density at radius 3 is 2.68 bits per heavy atom. The maximum absolute atomic E-state index is 12.5. The smallest absolute Gasteiger partial charge is 0.254 e. The monoisotopic (exact) mass is 363 g/mol. The predicted octanol–water partition coefficient (Wildman–Crippen LogP) is 2.20. The lowest BCUT2D eigenvalue weighted by molar-refractivity contribution is -0.162. The largest absolute Gasteiger partial charge is 0.377 e. The van der Waals surface area contributed by atoms with Gasteiger partial charge in [-0.2, -0.15) is 0 Å². The first-order valence-corrected chi connectivity index (χ1v) is 8.76. The second-order valence-corrected chi connectivity index (χ2v) is 7.37. The molecule has 1 atom stereocenters. The summed E-state index contributed by atoms with van der Waals surface area (Å²) < 4.78 is 11.1. The minimum absolute atomic E-state index is 0.0876. The average Bonchev–Trinajstić information content (AvgIpc) is 2.93. The van der Waals surface area contributed by atoms with E-state index in [-0.39, 0.29) is 12.5 Å². The van der Waals surface area contributed by atoms with Crippen LogP contribution >= 0.6 is 11.6 Å². The first-order chi connectivity index (χ1) is 11.8. The fourth-order valence-corrected chi connectivity index (χ4v) is 3.18. The normalized spacial score (nSPS) is 24.5. The van der Waals surface area contributed by atoms with Gasteiger partial charge in [-0.15, -0.1) is 0 Å². The highest BCUT2D eigenvalue weighted by Gasteiger charge is 2.41. The van der Waals surface area contributed by atoms with Crippen molar-refractivity contribution in [2.24, 2.45) is 0 Å². The van der Waals surface area contributed by atoms with Gasteiger partial charge in [-0.1, -0.05) is 29.5 Å². The van der Waals surface area contributed by atoms with Crippen LogP contribution in [0.1, 0.15) is 32.3 Å². The zero-order chi connectivity index (χ0) is 18.1. The first-order valence-electron chi connectivity index (χ1n) is 8.38. The van der Waals surface area contributed by atoms with Crippen LogP contribution in [0, 0.1) is 11.8 Å². The Morgan fingerprint density at radius 1 is 1.36 bits per heavy atom. The number of benzene rings is 1. The van der Waals surface area contributed by atoms with Crippen LogP contribution in [-0.4, -0.2) is 53.1 Å². The number of likely N-dealkylation sites (tertiary alicyclic amines) is 1. The standard InChI is InChI=1S/C19H22ClNO4/c1-18(2)24-13-16(25-18)17(22)21-10-8-19(23,9-11-21)7-6-14-4-3-5-15(20)12-14/h3-5,12,16,23H,8-11,13H2,1-2H3. The molecule has 134 valence electrons. The molecule has 0 spiro atoms. The topological polar surface area (TPSA) is 59.0 Å². The summed E-state index contributed by atoms with van der Waals surface area (Å²) in [4.78, 5) is 14.2. The van der Waals surface area contributed by atoms with Crippen molar-refractivity contribution in [1.29, 1.82) is 0 Å². The predicted molar refractivity (Wildman–Crippen MR) is 94.0 cm³/mol. The molecular weight excluding hydrogens is 342 g/mol. The molecule has 2 fully saturated rings. The van der Waals surface area contributed by atoms with E-state index in [4.69, 9.17) is 21.1 Å². The summed E-state index contributed by atoms with van der Waals surface area (Å²) in [6.07, 6.45) is 0.241. The summed E-state index contributed by atoms with van der Waals surface area (Å²) >= 11 is 5.94. The molecule has 5 nitrogen and oxygen atoms in total. The Hall–Kier alpha value is -1.58. The molecule has 0 bridgehead atoms. The molecular formula is C19H22ClNO4. The maximum Gasteiger partial charge on any atom is 0.254 e. The number of ether oxygens (including phenoxy) is 2. The van der Waals surface area contributed by atoms with Crippen molar-refractivity contribution >= 4 is 17.5 Å². The number of halogens is 1. The zero-order valence-electron chi connectivity index (χ0n) is 14.4. The molecule has 1 amide bonds. The maximum atomic E-state index is 12.5. The number of hydrogen-bond acceptors (Lipinski definition) is 4. The van der Waals surface area contributed by atoms with E-state index in [1.54, 1.807) is 30.9 Å². The van der Waals surface area contributed by atoms with Gasteiger partial charge in [-0.3, -0.25) is 4.79 Å². The molecule has 0 saturated carbocycles. The third-order valence-corrected chi connectivity index (χ3v) is 4.69. The van der Waals surface area contributed by atoms with E-state index in [0.29, 0.717) is 31.0 Å². The molecule has 2 saturated heterocycles. The highest BCUT2D eigenvalue weighted by molar-refractivity contribution is 6.30. The minimum atomic E-state index is -1.09. The molecule has 0 aliphatic carbocycles. The molecule has 3 rings (SSSR count). The van der Waals surface area contributed by atoms with Gasteiger partial charge in [-0.25, -0.2) is 0 Å². The fourth-order valence-electron chi connectivity index (χ4n) is 2.99. The Balaban J connectivity index is 1.59. The van der Waals surface area contributed by atoms with Crippen molar-refractivity contribution < 1.29 is 19.4 Å². The quantitative estimate of drug-likeness (QED) is 0.777. The Labute approximate surface area is 152 Å². The van der Waals surface area contributed by atoms with Gasteiger partial charge in [0.1, 0.15) is 5.60 Å². The van der Waals surface area contributed by atoms with Crippen LogP contribution in [-0.2, 0) is 14.3 Å². The van der Waals surface area contributed by atoms with Gasteiger partial charge >= 0.3 is 0 Å². The van der Waals surface area contributed by atoms with Crippen LogP contribution in [0.4, 0.5) is 0 Å². The molecule has 25 heavy (non-hydrogen) atoms. The van der Waals surface area contributed by atoms with Crippen LogP contribution in [0.5, 0.6) is 0 Å². The number of rotatable bonds is 1. The SMILES string of the molecule is CC1(C)OCC(C(=O)N2CCC(O)(C#Cc3cccc(Cl)c3)CC2)O1. The number of carbonyl (C=O) groups is 1. The van der Waals surface area contributed by atoms with Crippen molar-refractivity contribution in [3.05, 3.63) is 34.9 Å². The second kappa shape index (κ2) is 6.97. The molecule has 1 aromatic rings. The summed E-state index contributed by atoms with van der Waals surface area (Å²) in [5.41, 5.74) is -0.330. The molecule has 2 aliphatic heterocycles. The number of aliphatic hydroxyl groups is 1. The number of amides is 1. The Morgan fingerprint density at radius 2 is 2.08 bits per heavy atom. The van der Waals surface area contributed by atoms with E-state index < -0.39 is 17.5 Å². The average molecular weight is 364 g/mol. The second-order valence-electron chi connectivity index (χ2n) is 6.93. The lowest BCUT2D eigenvalue weighted by Gasteiger charge is -2.36. The van der Waals surface area contributed by atoms with Crippen LogP contribution in [0.25, 0.3) is 0 Å². The lowest BCUT2D eigenvalue weighted by atomic mass is 9.91. The molecule has 2 aliphatic rings. The summed E-state index contributed by atoms with van der Waals surface area (Å²) in [7, 11) is 0. The summed E-state index contributed by atoms with van der Waals surface area (Å²) in [6.45, 7) is 4.74. The van der Waals surface area contributed by atoms with E-state index in [2.05, 4.69) is 11.8 Å². The van der Waals surface area contributed by atoms with Crippen molar-refractivity contribution in [2.75, 3.05) is 19.7 Å². The van der Waals surface area contributed by atoms with Gasteiger partial charge in [0.05, 0.1) is 6.61 Å². The van der Waals surface area contributed by atoms with Crippen molar-refractivity contribution in [2.45, 2.75) is 44.2 Å². The molecule has 1 unspecified atom stereocenters. The first kappa shape index (κ1) is 18.2. The number of piperidine rings is 1. The van der Waals surface area contributed by atoms with Crippen molar-refractivity contribution in [3.8, 4) is 11.8 Å². The van der Waals surface area contributed by atoms with E-state index in [9.17, 15) is 9.90 Å². The van der Waals surface area contributed by atoms with Gasteiger partial charge in [0, 0.05) is 36.5 Å². The number of hydrogen-bond donors (Lipinski definition) is 1. The number of nitrogens with zero attached hydrogens (tertiary/aromatic N) is 1. The van der Waals surface area contributed by atoms with E-state index in [1.165, 1.54) is 0 Å². The molecule has 1 N–H and O–H groups in total. The molecule has 0 radical (unpaired) electrons. The highest BCUT2D eigenvalue weighted by atomic mass is 35.5. The molecule has 1 aromatic carbocycles. The van der Waals surface area contributed by atoms with E-state index in [0.717, 1.165) is 5.56 Å². The third kappa shape index (κ3) is 4.53. The van der Waals surface area contributed by atoms with E-state index in [1.807, 2.05) is 12.1 Å². The third-order valence-electron chi connectivity index (χ3n) is 4.45. The van der Waals surface area contributed by atoms with Gasteiger partial charge in [0.15, 0.2) is 11.9 Å². The van der Waals surface area contributed by atoms with Gasteiger partial charge in [0.2, 0.25) is 0 Å². The van der Waals surface area contributed by atoms with Crippen LogP contribution in [0.2, 0.25) is 5.02 Å². The van der Waals surface area contributed by atoms with E-state index >= 15 is 0 Å². The fraction of sp³-hybridized carbons (Fsp3) is 0.526. The minimum Gasteiger partial charge on any atom is -0.377 e. The van der Waals surface area contributed by atoms with Crippen LogP contribution in [0.15, 0.2) is 24.3 Å². The summed E-state index contributed by atoms with van der Waals surface area (Å²) in [5.74, 6) is 5.10. The molecule has 0 aromatic heterocycles. The van der Waals surface area contributed by atoms with Gasteiger partial charge in [0.25, 0.3) is 5.91 Å². The van der Waals surface area contributed by atoms with Gasteiger partial charge < -0.3 is 19.5 Å². The highest BCUT2D eigenvalue weighted by Crippen LogP contribution is 2.27. The van der Waals surface area contributed by atoms with Crippen molar-refractivity contribution in [3.63, 3.8) is 0 Å². The number of carbonyl (C=O) groups excluding carboxylic acids is 1. The van der Waals surface area contributed by atoms with Crippen molar-refractivity contribution in [1.82, 2.24) is 4.90 Å². The Bertz CT molecular complexity index is 714. The molecule has 6 heteroatoms. The lowest BCUT2D eigenvalue weighted by Crippen LogP contribution is -2.49.